The summed E-state index contributed by atoms with van der Waals surface area (Å²) in [5.74, 6) is 1.97. The number of nitrogens with zero attached hydrogens (tertiary/aromatic N) is 1. The van der Waals surface area contributed by atoms with Crippen LogP contribution >= 0.6 is 11.8 Å². The van der Waals surface area contributed by atoms with E-state index >= 15 is 0 Å². The van der Waals surface area contributed by atoms with E-state index in [0.29, 0.717) is 11.8 Å². The topological polar surface area (TPSA) is 20.3 Å². The zero-order chi connectivity index (χ0) is 11.1. The molecule has 4 heteroatoms. The van der Waals surface area contributed by atoms with E-state index in [9.17, 15) is 4.79 Å². The van der Waals surface area contributed by atoms with Crippen molar-refractivity contribution in [2.45, 2.75) is 34.6 Å². The minimum absolute atomic E-state index is 0. The van der Waals surface area contributed by atoms with Gasteiger partial charge >= 0.3 is 18.9 Å². The third-order valence-corrected chi connectivity index (χ3v) is 2.49. The molecule has 15 heavy (non-hydrogen) atoms. The van der Waals surface area contributed by atoms with E-state index < -0.39 is 0 Å². The standard InChI is InChI=1S/C11H23NOS.Li.H/c1-6-14-11(13)12(7-9(2)3)8-10(4)5;;/h9-10H,6-8H2,1-5H3;;. The number of amides is 1. The predicted octanol–water partition coefficient (Wildman–Crippen LogP) is 2.83. The van der Waals surface area contributed by atoms with E-state index in [-0.39, 0.29) is 24.1 Å². The summed E-state index contributed by atoms with van der Waals surface area (Å²) < 4.78 is 0. The van der Waals surface area contributed by atoms with Crippen LogP contribution in [0.4, 0.5) is 4.79 Å². The first-order valence-electron chi connectivity index (χ1n) is 5.39. The van der Waals surface area contributed by atoms with Crippen LogP contribution in [0.15, 0.2) is 0 Å². The second kappa shape index (κ2) is 9.63. The van der Waals surface area contributed by atoms with Gasteiger partial charge in [0.1, 0.15) is 0 Å². The summed E-state index contributed by atoms with van der Waals surface area (Å²) in [6.45, 7) is 12.4. The van der Waals surface area contributed by atoms with Crippen LogP contribution in [-0.4, -0.2) is 47.8 Å². The van der Waals surface area contributed by atoms with Gasteiger partial charge in [-0.2, -0.15) is 0 Å². The molecule has 0 aromatic heterocycles. The molecule has 0 fully saturated rings. The monoisotopic (exact) mass is 225 g/mol. The molecule has 0 heterocycles. The van der Waals surface area contributed by atoms with Gasteiger partial charge in [0.25, 0.3) is 5.24 Å². The number of thioether (sulfide) groups is 1. The molecule has 0 saturated carbocycles. The maximum atomic E-state index is 11.7. The SMILES string of the molecule is CCSC(=O)N(CC(C)C)CC(C)C.[LiH]. The van der Waals surface area contributed by atoms with Gasteiger partial charge in [0.05, 0.1) is 0 Å². The Balaban J connectivity index is 0. The average Bonchev–Trinajstić information content (AvgIpc) is 2.01. The summed E-state index contributed by atoms with van der Waals surface area (Å²) in [4.78, 5) is 13.7. The van der Waals surface area contributed by atoms with Crippen LogP contribution in [0, 0.1) is 11.8 Å². The third kappa shape index (κ3) is 9.35. The van der Waals surface area contributed by atoms with Crippen LogP contribution in [0.2, 0.25) is 0 Å². The molecule has 1 amide bonds. The Hall–Kier alpha value is 0.417. The van der Waals surface area contributed by atoms with Crippen LogP contribution < -0.4 is 0 Å². The molecule has 86 valence electrons. The van der Waals surface area contributed by atoms with Gasteiger partial charge in [0.2, 0.25) is 0 Å². The van der Waals surface area contributed by atoms with E-state index in [1.807, 2.05) is 11.8 Å². The Bertz CT molecular complexity index is 164. The van der Waals surface area contributed by atoms with Crippen molar-refractivity contribution in [2.75, 3.05) is 18.8 Å². The van der Waals surface area contributed by atoms with Crippen LogP contribution in [0.1, 0.15) is 34.6 Å². The number of carbonyl (C=O) groups is 1. The van der Waals surface area contributed by atoms with Crippen molar-refractivity contribution in [2.24, 2.45) is 11.8 Å². The second-order valence-corrected chi connectivity index (χ2v) is 5.61. The molecule has 0 aliphatic carbocycles. The van der Waals surface area contributed by atoms with Gasteiger partial charge < -0.3 is 4.90 Å². The normalized spacial score (nSPS) is 10.3. The first kappa shape index (κ1) is 17.8. The fourth-order valence-corrected chi connectivity index (χ4v) is 1.90. The summed E-state index contributed by atoms with van der Waals surface area (Å²) in [6.07, 6.45) is 0. The van der Waals surface area contributed by atoms with Gasteiger partial charge in [-0.05, 0) is 17.6 Å². The second-order valence-electron chi connectivity index (χ2n) is 4.39. The van der Waals surface area contributed by atoms with Crippen molar-refractivity contribution in [3.05, 3.63) is 0 Å². The van der Waals surface area contributed by atoms with Crippen LogP contribution in [0.3, 0.4) is 0 Å². The number of rotatable bonds is 5. The number of hydrogen-bond acceptors (Lipinski definition) is 2. The maximum absolute atomic E-state index is 11.7. The van der Waals surface area contributed by atoms with Gasteiger partial charge in [-0.15, -0.1) is 0 Å². The summed E-state index contributed by atoms with van der Waals surface area (Å²) in [7, 11) is 0. The predicted molar refractivity (Wildman–Crippen MR) is 71.9 cm³/mol. The molecule has 0 aromatic carbocycles. The zero-order valence-corrected chi connectivity index (χ0v) is 10.9. The molecule has 0 unspecified atom stereocenters. The Labute approximate surface area is 111 Å². The molecule has 0 spiro atoms. The Morgan fingerprint density at radius 1 is 1.13 bits per heavy atom. The molecule has 0 aliphatic heterocycles. The van der Waals surface area contributed by atoms with E-state index in [1.165, 1.54) is 11.8 Å². The molecule has 0 radical (unpaired) electrons. The summed E-state index contributed by atoms with van der Waals surface area (Å²) >= 11 is 1.41. The number of hydrogen-bond donors (Lipinski definition) is 0. The first-order chi connectivity index (χ1) is 6.47. The summed E-state index contributed by atoms with van der Waals surface area (Å²) in [6, 6.07) is 0. The Morgan fingerprint density at radius 2 is 1.53 bits per heavy atom. The van der Waals surface area contributed by atoms with Crippen molar-refractivity contribution < 1.29 is 4.79 Å². The van der Waals surface area contributed by atoms with Crippen molar-refractivity contribution in [1.29, 1.82) is 0 Å². The molecule has 2 nitrogen and oxygen atoms in total. The van der Waals surface area contributed by atoms with Gasteiger partial charge in [-0.3, -0.25) is 4.79 Å². The molecule has 0 aliphatic rings. The number of carbonyl (C=O) groups excluding carboxylic acids is 1. The van der Waals surface area contributed by atoms with Gasteiger partial charge in [0.15, 0.2) is 0 Å². The van der Waals surface area contributed by atoms with Crippen molar-refractivity contribution in [3.8, 4) is 0 Å². The molecule has 0 atom stereocenters. The summed E-state index contributed by atoms with van der Waals surface area (Å²) in [5.41, 5.74) is 0. The molecule has 0 rings (SSSR count). The van der Waals surface area contributed by atoms with Gasteiger partial charge in [-0.1, -0.05) is 46.4 Å². The molecule has 0 aromatic rings. The Morgan fingerprint density at radius 3 is 1.80 bits per heavy atom. The molecular formula is C11H24LiNOS. The summed E-state index contributed by atoms with van der Waals surface area (Å²) in [5, 5.41) is 0.231. The average molecular weight is 225 g/mol. The molecular weight excluding hydrogens is 201 g/mol. The van der Waals surface area contributed by atoms with Crippen LogP contribution in [0.25, 0.3) is 0 Å². The fraction of sp³-hybridized carbons (Fsp3) is 0.909. The zero-order valence-electron chi connectivity index (χ0n) is 10.0. The molecule has 0 bridgehead atoms. The van der Waals surface area contributed by atoms with Gasteiger partial charge in [0, 0.05) is 13.1 Å². The third-order valence-electron chi connectivity index (χ3n) is 1.70. The molecule has 0 saturated heterocycles. The van der Waals surface area contributed by atoms with Crippen LogP contribution in [0.5, 0.6) is 0 Å². The van der Waals surface area contributed by atoms with Gasteiger partial charge in [-0.25, -0.2) is 0 Å². The fourth-order valence-electron chi connectivity index (χ4n) is 1.32. The quantitative estimate of drug-likeness (QED) is 0.671. The van der Waals surface area contributed by atoms with Crippen molar-refractivity contribution in [1.82, 2.24) is 4.90 Å². The minimum atomic E-state index is 0. The van der Waals surface area contributed by atoms with E-state index in [0.717, 1.165) is 18.8 Å². The van der Waals surface area contributed by atoms with Crippen LogP contribution in [-0.2, 0) is 0 Å². The van der Waals surface area contributed by atoms with E-state index in [2.05, 4.69) is 27.7 Å². The molecule has 0 N–H and O–H groups in total. The first-order valence-corrected chi connectivity index (χ1v) is 6.37. The van der Waals surface area contributed by atoms with Crippen molar-refractivity contribution in [3.63, 3.8) is 0 Å². The van der Waals surface area contributed by atoms with E-state index in [4.69, 9.17) is 0 Å². The Kier molecular flexibility index (Phi) is 11.4. The van der Waals surface area contributed by atoms with Crippen molar-refractivity contribution >= 4 is 35.9 Å². The van der Waals surface area contributed by atoms with E-state index in [1.54, 1.807) is 0 Å².